The summed E-state index contributed by atoms with van der Waals surface area (Å²) in [5, 5.41) is 11.5. The summed E-state index contributed by atoms with van der Waals surface area (Å²) in [5.74, 6) is 0.109. The summed E-state index contributed by atoms with van der Waals surface area (Å²) in [6, 6.07) is 7.43. The number of aryl methyl sites for hydroxylation is 1. The van der Waals surface area contributed by atoms with Crippen LogP contribution in [0.3, 0.4) is 0 Å². The molecule has 0 aliphatic rings. The van der Waals surface area contributed by atoms with E-state index in [4.69, 9.17) is 15.7 Å². The van der Waals surface area contributed by atoms with Crippen LogP contribution in [0.4, 0.5) is 0 Å². The minimum absolute atomic E-state index is 0.109. The molecule has 20 heavy (non-hydrogen) atoms. The van der Waals surface area contributed by atoms with Gasteiger partial charge in [-0.3, -0.25) is 0 Å². The van der Waals surface area contributed by atoms with Crippen LogP contribution < -0.4 is 5.73 Å². The van der Waals surface area contributed by atoms with Crippen molar-refractivity contribution in [2.24, 2.45) is 10.9 Å². The van der Waals surface area contributed by atoms with Crippen molar-refractivity contribution in [1.82, 2.24) is 4.98 Å². The Morgan fingerprint density at radius 1 is 1.40 bits per heavy atom. The summed E-state index contributed by atoms with van der Waals surface area (Å²) >= 11 is 1.66. The molecule has 0 spiro atoms. The molecular formula is C14H17N3O2S. The van der Waals surface area contributed by atoms with Gasteiger partial charge in [-0.25, -0.2) is 4.98 Å². The van der Waals surface area contributed by atoms with Crippen LogP contribution >= 0.6 is 11.3 Å². The first-order valence-corrected chi connectivity index (χ1v) is 7.12. The van der Waals surface area contributed by atoms with E-state index in [-0.39, 0.29) is 5.84 Å². The van der Waals surface area contributed by atoms with Gasteiger partial charge in [-0.15, -0.1) is 11.3 Å². The summed E-state index contributed by atoms with van der Waals surface area (Å²) in [7, 11) is 0. The van der Waals surface area contributed by atoms with Gasteiger partial charge in [0.05, 0.1) is 24.4 Å². The molecule has 5 nitrogen and oxygen atoms in total. The average molecular weight is 291 g/mol. The third kappa shape index (κ3) is 3.79. The number of amidine groups is 1. The van der Waals surface area contributed by atoms with Crippen molar-refractivity contribution < 1.29 is 9.94 Å². The van der Waals surface area contributed by atoms with Gasteiger partial charge in [0.2, 0.25) is 0 Å². The van der Waals surface area contributed by atoms with Gasteiger partial charge in [0.1, 0.15) is 0 Å². The Labute approximate surface area is 121 Å². The normalized spacial score (nSPS) is 11.8. The van der Waals surface area contributed by atoms with Gasteiger partial charge in [-0.2, -0.15) is 0 Å². The molecule has 1 heterocycles. The number of oxime groups is 1. The van der Waals surface area contributed by atoms with E-state index in [2.05, 4.69) is 10.1 Å². The van der Waals surface area contributed by atoms with Gasteiger partial charge in [0, 0.05) is 16.9 Å². The molecule has 0 saturated heterocycles. The minimum Gasteiger partial charge on any atom is -0.409 e. The van der Waals surface area contributed by atoms with Crippen molar-refractivity contribution in [3.8, 4) is 0 Å². The van der Waals surface area contributed by atoms with Crippen molar-refractivity contribution in [2.45, 2.75) is 20.0 Å². The molecule has 2 rings (SSSR count). The summed E-state index contributed by atoms with van der Waals surface area (Å²) in [4.78, 5) is 5.48. The largest absolute Gasteiger partial charge is 0.409 e. The van der Waals surface area contributed by atoms with Crippen molar-refractivity contribution in [2.75, 3.05) is 6.61 Å². The first-order chi connectivity index (χ1) is 9.70. The third-order valence-electron chi connectivity index (χ3n) is 2.94. The average Bonchev–Trinajstić information content (AvgIpc) is 2.89. The minimum atomic E-state index is 0.109. The molecule has 6 heteroatoms. The van der Waals surface area contributed by atoms with E-state index >= 15 is 0 Å². The van der Waals surface area contributed by atoms with Gasteiger partial charge in [-0.05, 0) is 12.5 Å². The van der Waals surface area contributed by atoms with E-state index in [0.29, 0.717) is 18.8 Å². The van der Waals surface area contributed by atoms with E-state index in [9.17, 15) is 0 Å². The summed E-state index contributed by atoms with van der Waals surface area (Å²) in [5.41, 5.74) is 10.2. The monoisotopic (exact) mass is 291 g/mol. The highest BCUT2D eigenvalue weighted by atomic mass is 32.1. The lowest BCUT2D eigenvalue weighted by Gasteiger charge is -2.05. The van der Waals surface area contributed by atoms with Gasteiger partial charge < -0.3 is 15.7 Å². The molecular weight excluding hydrogens is 274 g/mol. The van der Waals surface area contributed by atoms with Crippen molar-refractivity contribution in [1.29, 1.82) is 0 Å². The number of hydrogen-bond acceptors (Lipinski definition) is 5. The van der Waals surface area contributed by atoms with Crippen LogP contribution in [0.2, 0.25) is 0 Å². The van der Waals surface area contributed by atoms with E-state index in [1.807, 2.05) is 24.6 Å². The zero-order chi connectivity index (χ0) is 14.4. The second-order valence-corrected chi connectivity index (χ2v) is 5.29. The number of nitrogens with zero attached hydrogens (tertiary/aromatic N) is 2. The smallest absolute Gasteiger partial charge is 0.170 e. The van der Waals surface area contributed by atoms with Crippen LogP contribution in [-0.4, -0.2) is 22.6 Å². The Morgan fingerprint density at radius 2 is 2.15 bits per heavy atom. The molecule has 0 saturated carbocycles. The Kier molecular flexibility index (Phi) is 5.09. The van der Waals surface area contributed by atoms with Crippen LogP contribution in [0.5, 0.6) is 0 Å². The maximum absolute atomic E-state index is 8.58. The number of thiazole rings is 1. The number of benzene rings is 1. The highest BCUT2D eigenvalue weighted by molar-refractivity contribution is 7.09. The molecule has 1 aromatic carbocycles. The van der Waals surface area contributed by atoms with Gasteiger partial charge in [0.25, 0.3) is 0 Å². The lowest BCUT2D eigenvalue weighted by atomic mass is 10.1. The van der Waals surface area contributed by atoms with Crippen LogP contribution in [0.25, 0.3) is 0 Å². The lowest BCUT2D eigenvalue weighted by molar-refractivity contribution is 0.124. The second kappa shape index (κ2) is 7.02. The molecule has 2 aromatic rings. The van der Waals surface area contributed by atoms with Crippen molar-refractivity contribution in [3.05, 3.63) is 51.5 Å². The van der Waals surface area contributed by atoms with Crippen molar-refractivity contribution in [3.63, 3.8) is 0 Å². The molecule has 0 unspecified atom stereocenters. The third-order valence-corrected chi connectivity index (χ3v) is 3.94. The topological polar surface area (TPSA) is 80.7 Å². The molecule has 3 N–H and O–H groups in total. The van der Waals surface area contributed by atoms with E-state index in [1.54, 1.807) is 23.5 Å². The quantitative estimate of drug-likeness (QED) is 0.281. The van der Waals surface area contributed by atoms with Crippen LogP contribution in [-0.2, 0) is 17.8 Å². The van der Waals surface area contributed by atoms with Crippen LogP contribution in [0, 0.1) is 6.92 Å². The number of hydrogen-bond donors (Lipinski definition) is 2. The van der Waals surface area contributed by atoms with E-state index in [1.165, 1.54) is 4.88 Å². The number of aromatic nitrogens is 1. The predicted octanol–water partition coefficient (Wildman–Crippen LogP) is 2.31. The molecule has 0 aliphatic heterocycles. The summed E-state index contributed by atoms with van der Waals surface area (Å²) in [6.45, 7) is 3.23. The summed E-state index contributed by atoms with van der Waals surface area (Å²) < 4.78 is 5.64. The fraction of sp³-hybridized carbons (Fsp3) is 0.286. The number of ether oxygens (including phenoxy) is 1. The van der Waals surface area contributed by atoms with Gasteiger partial charge >= 0.3 is 0 Å². The molecule has 0 atom stereocenters. The van der Waals surface area contributed by atoms with Crippen LogP contribution in [0.1, 0.15) is 21.7 Å². The molecule has 0 radical (unpaired) electrons. The Bertz CT molecular complexity index is 578. The Morgan fingerprint density at radius 3 is 2.75 bits per heavy atom. The molecule has 106 valence electrons. The maximum atomic E-state index is 8.58. The molecule has 0 bridgehead atoms. The molecule has 0 amide bonds. The fourth-order valence-corrected chi connectivity index (χ4v) is 2.51. The van der Waals surface area contributed by atoms with Gasteiger partial charge in [0.15, 0.2) is 5.84 Å². The number of nitrogens with two attached hydrogens (primary N) is 1. The standard InChI is InChI=1S/C14H17N3O2S/c1-10-13(20-9-16-10)6-7-19-8-11-2-4-12(5-3-11)14(15)17-18/h2-5,9,18H,6-8H2,1H3,(H2,15,17). The highest BCUT2D eigenvalue weighted by Gasteiger charge is 2.02. The Hall–Kier alpha value is -1.92. The zero-order valence-electron chi connectivity index (χ0n) is 11.2. The first kappa shape index (κ1) is 14.5. The van der Waals surface area contributed by atoms with E-state index in [0.717, 1.165) is 17.7 Å². The lowest BCUT2D eigenvalue weighted by Crippen LogP contribution is -2.12. The maximum Gasteiger partial charge on any atom is 0.170 e. The first-order valence-electron chi connectivity index (χ1n) is 6.24. The predicted molar refractivity (Wildman–Crippen MR) is 79.2 cm³/mol. The summed E-state index contributed by atoms with van der Waals surface area (Å²) in [6.07, 6.45) is 0.888. The van der Waals surface area contributed by atoms with Crippen LogP contribution in [0.15, 0.2) is 34.9 Å². The molecule has 0 fully saturated rings. The van der Waals surface area contributed by atoms with E-state index < -0.39 is 0 Å². The van der Waals surface area contributed by atoms with Gasteiger partial charge in [-0.1, -0.05) is 29.4 Å². The van der Waals surface area contributed by atoms with Crippen molar-refractivity contribution >= 4 is 17.2 Å². The molecule has 1 aromatic heterocycles. The highest BCUT2D eigenvalue weighted by Crippen LogP contribution is 2.13. The SMILES string of the molecule is Cc1ncsc1CCOCc1ccc(/C(N)=N/O)cc1. The fourth-order valence-electron chi connectivity index (χ4n) is 1.75. The number of rotatable bonds is 6. The molecule has 0 aliphatic carbocycles. The second-order valence-electron chi connectivity index (χ2n) is 4.35. The zero-order valence-corrected chi connectivity index (χ0v) is 12.1. The Balaban J connectivity index is 1.78.